The van der Waals surface area contributed by atoms with Crippen LogP contribution in [0.25, 0.3) is 0 Å². The van der Waals surface area contributed by atoms with E-state index >= 15 is 0 Å². The van der Waals surface area contributed by atoms with Crippen molar-refractivity contribution in [2.45, 2.75) is 5.41 Å². The van der Waals surface area contributed by atoms with Gasteiger partial charge in [-0.25, -0.2) is 0 Å². The first-order valence-electron chi connectivity index (χ1n) is 4.52. The molecule has 14 heavy (non-hydrogen) atoms. The molecule has 2 fully saturated rings. The molecule has 2 aliphatic rings. The lowest BCUT2D eigenvalue weighted by Crippen LogP contribution is -2.14. The number of nitrogens with zero attached hydrogens (tertiary/aromatic N) is 1. The van der Waals surface area contributed by atoms with E-state index in [-0.39, 0.29) is 5.41 Å². The average molecular weight is 270 g/mol. The first-order valence-corrected chi connectivity index (χ1v) is 6.20. The molecule has 1 aliphatic carbocycles. The highest BCUT2D eigenvalue weighted by Gasteiger charge is 2.69. The second-order valence-corrected chi connectivity index (χ2v) is 5.69. The molecule has 0 N–H and O–H groups in total. The van der Waals surface area contributed by atoms with E-state index in [9.17, 15) is 5.26 Å². The maximum Gasteiger partial charge on any atom is 0.102 e. The van der Waals surface area contributed by atoms with Crippen LogP contribution in [0.2, 0.25) is 0 Å². The third kappa shape index (κ3) is 0.928. The largest absolute Gasteiger partial charge is 0.381 e. The molecular weight excluding hydrogens is 262 g/mol. The molecule has 1 saturated carbocycles. The van der Waals surface area contributed by atoms with Gasteiger partial charge in [-0.1, -0.05) is 0 Å². The zero-order valence-corrected chi connectivity index (χ0v) is 9.77. The predicted molar refractivity (Wildman–Crippen MR) is 57.1 cm³/mol. The summed E-state index contributed by atoms with van der Waals surface area (Å²) in [4.78, 5) is 1.20. The van der Waals surface area contributed by atoms with Crippen LogP contribution in [0, 0.1) is 23.2 Å². The van der Waals surface area contributed by atoms with Crippen LogP contribution in [-0.4, -0.2) is 13.2 Å². The molecule has 0 bridgehead atoms. The van der Waals surface area contributed by atoms with Gasteiger partial charge in [-0.05, 0) is 22.0 Å². The first-order chi connectivity index (χ1) is 6.79. The first kappa shape index (κ1) is 8.90. The quantitative estimate of drug-likeness (QED) is 0.785. The van der Waals surface area contributed by atoms with Gasteiger partial charge in [0, 0.05) is 26.6 Å². The summed E-state index contributed by atoms with van der Waals surface area (Å²) < 4.78 is 6.42. The Morgan fingerprint density at radius 2 is 2.29 bits per heavy atom. The van der Waals surface area contributed by atoms with Crippen LogP contribution in [0.4, 0.5) is 0 Å². The minimum atomic E-state index is -0.213. The number of nitriles is 1. The van der Waals surface area contributed by atoms with Gasteiger partial charge >= 0.3 is 0 Å². The molecule has 1 aromatic heterocycles. The average Bonchev–Trinajstić information content (AvgIpc) is 2.66. The molecule has 3 atom stereocenters. The molecule has 2 heterocycles. The summed E-state index contributed by atoms with van der Waals surface area (Å²) in [6.45, 7) is 1.52. The van der Waals surface area contributed by atoms with Crippen molar-refractivity contribution in [3.05, 3.63) is 20.8 Å². The molecule has 4 heteroatoms. The Morgan fingerprint density at radius 1 is 1.57 bits per heavy atom. The van der Waals surface area contributed by atoms with Gasteiger partial charge in [0.05, 0.1) is 19.3 Å². The Bertz CT molecular complexity index is 412. The van der Waals surface area contributed by atoms with Gasteiger partial charge in [-0.3, -0.25) is 0 Å². The molecule has 3 rings (SSSR count). The van der Waals surface area contributed by atoms with Crippen LogP contribution in [0.5, 0.6) is 0 Å². The SMILES string of the molecule is N#C[C@@]1(c2cc(Br)cs2)[C@@H]2COC[C@@H]21. The van der Waals surface area contributed by atoms with Crippen molar-refractivity contribution in [1.82, 2.24) is 0 Å². The molecule has 72 valence electrons. The number of thiophene rings is 1. The van der Waals surface area contributed by atoms with Crippen LogP contribution < -0.4 is 0 Å². The van der Waals surface area contributed by atoms with E-state index in [1.165, 1.54) is 4.88 Å². The molecule has 0 amide bonds. The second kappa shape index (κ2) is 2.82. The second-order valence-electron chi connectivity index (χ2n) is 3.86. The Kier molecular flexibility index (Phi) is 1.79. The van der Waals surface area contributed by atoms with Gasteiger partial charge < -0.3 is 4.74 Å². The highest BCUT2D eigenvalue weighted by Crippen LogP contribution is 2.63. The molecule has 0 spiro atoms. The molecule has 0 unspecified atom stereocenters. The number of ether oxygens (including phenoxy) is 1. The predicted octanol–water partition coefficient (Wildman–Crippen LogP) is 2.55. The van der Waals surface area contributed by atoms with E-state index in [0.717, 1.165) is 17.7 Å². The summed E-state index contributed by atoms with van der Waals surface area (Å²) in [5, 5.41) is 11.4. The molecule has 0 aromatic carbocycles. The smallest absolute Gasteiger partial charge is 0.102 e. The fourth-order valence-corrected chi connectivity index (χ4v) is 4.18. The summed E-state index contributed by atoms with van der Waals surface area (Å²) in [5.74, 6) is 0.885. The highest BCUT2D eigenvalue weighted by atomic mass is 79.9. The maximum absolute atomic E-state index is 9.31. The molecule has 1 saturated heterocycles. The van der Waals surface area contributed by atoms with Crippen molar-refractivity contribution >= 4 is 27.3 Å². The minimum Gasteiger partial charge on any atom is -0.381 e. The van der Waals surface area contributed by atoms with E-state index in [2.05, 4.69) is 28.1 Å². The van der Waals surface area contributed by atoms with Crippen molar-refractivity contribution in [3.63, 3.8) is 0 Å². The standard InChI is InChI=1S/C10H8BrNOS/c11-6-1-9(14-4-6)10(5-12)7-2-13-3-8(7)10/h1,4,7-8H,2-3H2/t7-,8+,10-. The number of hydrogen-bond acceptors (Lipinski definition) is 3. The minimum absolute atomic E-state index is 0.213. The Balaban J connectivity index is 2.02. The molecule has 2 nitrogen and oxygen atoms in total. The van der Waals surface area contributed by atoms with Crippen molar-refractivity contribution in [2.75, 3.05) is 13.2 Å². The van der Waals surface area contributed by atoms with E-state index < -0.39 is 0 Å². The number of fused-ring (bicyclic) bond motifs is 1. The normalized spacial score (nSPS) is 39.1. The topological polar surface area (TPSA) is 33.0 Å². The molecule has 1 aliphatic heterocycles. The zero-order chi connectivity index (χ0) is 9.76. The number of halogens is 1. The van der Waals surface area contributed by atoms with E-state index in [4.69, 9.17) is 4.74 Å². The lowest BCUT2D eigenvalue weighted by atomic mass is 10.0. The fourth-order valence-electron chi connectivity index (χ4n) is 2.47. The Labute approximate surface area is 94.6 Å². The van der Waals surface area contributed by atoms with Crippen LogP contribution in [-0.2, 0) is 10.2 Å². The van der Waals surface area contributed by atoms with Crippen molar-refractivity contribution in [3.8, 4) is 6.07 Å². The summed E-state index contributed by atoms with van der Waals surface area (Å²) in [6, 6.07) is 4.57. The van der Waals surface area contributed by atoms with Crippen LogP contribution in [0.1, 0.15) is 4.88 Å². The van der Waals surface area contributed by atoms with E-state index in [1.54, 1.807) is 11.3 Å². The molecule has 1 aromatic rings. The maximum atomic E-state index is 9.31. The van der Waals surface area contributed by atoms with Crippen LogP contribution >= 0.6 is 27.3 Å². The van der Waals surface area contributed by atoms with Gasteiger partial charge in [0.2, 0.25) is 0 Å². The van der Waals surface area contributed by atoms with Gasteiger partial charge in [-0.2, -0.15) is 5.26 Å². The Morgan fingerprint density at radius 3 is 2.79 bits per heavy atom. The van der Waals surface area contributed by atoms with Crippen LogP contribution in [0.15, 0.2) is 15.9 Å². The summed E-state index contributed by atoms with van der Waals surface area (Å²) in [5.41, 5.74) is -0.213. The molecule has 0 radical (unpaired) electrons. The Hall–Kier alpha value is -0.370. The molecular formula is C10H8BrNOS. The fraction of sp³-hybridized carbons (Fsp3) is 0.500. The van der Waals surface area contributed by atoms with Crippen molar-refractivity contribution in [2.24, 2.45) is 11.8 Å². The highest BCUT2D eigenvalue weighted by molar-refractivity contribution is 9.10. The lowest BCUT2D eigenvalue weighted by Gasteiger charge is -2.09. The zero-order valence-electron chi connectivity index (χ0n) is 7.37. The van der Waals surface area contributed by atoms with Crippen LogP contribution in [0.3, 0.4) is 0 Å². The summed E-state index contributed by atoms with van der Waals surface area (Å²) >= 11 is 5.11. The third-order valence-electron chi connectivity index (χ3n) is 3.30. The third-order valence-corrected chi connectivity index (χ3v) is 5.14. The van der Waals surface area contributed by atoms with Gasteiger partial charge in [-0.15, -0.1) is 11.3 Å². The summed E-state index contributed by atoms with van der Waals surface area (Å²) in [6.07, 6.45) is 0. The van der Waals surface area contributed by atoms with Crippen molar-refractivity contribution < 1.29 is 4.74 Å². The van der Waals surface area contributed by atoms with Gasteiger partial charge in [0.1, 0.15) is 5.41 Å². The number of rotatable bonds is 1. The van der Waals surface area contributed by atoms with Crippen molar-refractivity contribution in [1.29, 1.82) is 5.26 Å². The van der Waals surface area contributed by atoms with Gasteiger partial charge in [0.15, 0.2) is 0 Å². The summed E-state index contributed by atoms with van der Waals surface area (Å²) in [7, 11) is 0. The van der Waals surface area contributed by atoms with Gasteiger partial charge in [0.25, 0.3) is 0 Å². The van der Waals surface area contributed by atoms with E-state index in [0.29, 0.717) is 11.8 Å². The lowest BCUT2D eigenvalue weighted by molar-refractivity contribution is 0.152. The van der Waals surface area contributed by atoms with E-state index in [1.807, 2.05) is 5.38 Å². The monoisotopic (exact) mass is 269 g/mol. The number of hydrogen-bond donors (Lipinski definition) is 0.